The third-order valence-corrected chi connectivity index (χ3v) is 12.4. The lowest BCUT2D eigenvalue weighted by molar-refractivity contribution is -0.150. The van der Waals surface area contributed by atoms with Crippen molar-refractivity contribution in [1.82, 2.24) is 19.5 Å². The monoisotopic (exact) mass is 677 g/mol. The second-order valence-corrected chi connectivity index (χ2v) is 15.3. The Labute approximate surface area is 287 Å². The molecule has 1 saturated heterocycles. The van der Waals surface area contributed by atoms with Crippen LogP contribution in [-0.2, 0) is 20.7 Å². The number of carbonyl (C=O) groups excluding carboxylic acids is 1. The van der Waals surface area contributed by atoms with Gasteiger partial charge in [0.15, 0.2) is 17.7 Å². The van der Waals surface area contributed by atoms with E-state index >= 15 is 0 Å². The molecule has 0 unspecified atom stereocenters. The zero-order valence-corrected chi connectivity index (χ0v) is 28.4. The van der Waals surface area contributed by atoms with E-state index in [-0.39, 0.29) is 29.9 Å². The maximum absolute atomic E-state index is 12.4. The van der Waals surface area contributed by atoms with E-state index in [0.717, 1.165) is 77.0 Å². The standard InChI is InChI=1S/C37H51N5O7/c1-37-15-14-25-24-13-11-23(43)16-21(24)10-12-26(25)27(37)17-22(33(37)47)8-6-4-2-3-5-7-9-29(44)48-18-28-31(45)32(46)36(49-28)42-20-41-30-34(38)39-19-40-35(30)42/h11,13,16,19-20,22,25-28,31-33,36,43,45-47H,2-10,12,14-15,17-18H2,1H3,(H2,38,39,40)/t22-,25-,26-,27+,28+,31+,32-,33-,36-,37+/m1/s1. The van der Waals surface area contributed by atoms with Crippen LogP contribution in [0.5, 0.6) is 5.75 Å². The second-order valence-electron chi connectivity index (χ2n) is 15.3. The van der Waals surface area contributed by atoms with Gasteiger partial charge in [-0.2, -0.15) is 0 Å². The van der Waals surface area contributed by atoms with Gasteiger partial charge in [-0.15, -0.1) is 0 Å². The number of fused-ring (bicyclic) bond motifs is 6. The van der Waals surface area contributed by atoms with Gasteiger partial charge in [0.25, 0.3) is 0 Å². The Bertz CT molecular complexity index is 1630. The van der Waals surface area contributed by atoms with E-state index in [4.69, 9.17) is 15.2 Å². The molecule has 12 nitrogen and oxygen atoms in total. The number of anilines is 1. The summed E-state index contributed by atoms with van der Waals surface area (Å²) in [4.78, 5) is 24.7. The number of hydrogen-bond donors (Lipinski definition) is 5. The number of imidazole rings is 1. The van der Waals surface area contributed by atoms with Crippen LogP contribution in [0, 0.1) is 23.2 Å². The van der Waals surface area contributed by atoms with Crippen molar-refractivity contribution < 1.29 is 34.7 Å². The first-order chi connectivity index (χ1) is 23.7. The van der Waals surface area contributed by atoms with Crippen LogP contribution in [0.15, 0.2) is 30.9 Å². The highest BCUT2D eigenvalue weighted by atomic mass is 16.6. The van der Waals surface area contributed by atoms with Gasteiger partial charge in [0.1, 0.15) is 42.5 Å². The van der Waals surface area contributed by atoms with Gasteiger partial charge in [0, 0.05) is 6.42 Å². The van der Waals surface area contributed by atoms with Gasteiger partial charge in [-0.1, -0.05) is 45.1 Å². The van der Waals surface area contributed by atoms with E-state index in [9.17, 15) is 25.2 Å². The molecule has 266 valence electrons. The highest BCUT2D eigenvalue weighted by molar-refractivity contribution is 5.81. The van der Waals surface area contributed by atoms with E-state index in [1.165, 1.54) is 28.3 Å². The Morgan fingerprint density at radius 1 is 1.06 bits per heavy atom. The quantitative estimate of drug-likeness (QED) is 0.134. The van der Waals surface area contributed by atoms with E-state index in [0.29, 0.717) is 47.0 Å². The lowest BCUT2D eigenvalue weighted by Gasteiger charge is -2.50. The number of unbranched alkanes of at least 4 members (excludes halogenated alkanes) is 5. The van der Waals surface area contributed by atoms with Crippen molar-refractivity contribution in [2.45, 2.75) is 127 Å². The molecular weight excluding hydrogens is 626 g/mol. The van der Waals surface area contributed by atoms with Crippen LogP contribution in [0.1, 0.15) is 107 Å². The number of aromatic hydroxyl groups is 1. The Balaban J connectivity index is 0.783. The summed E-state index contributed by atoms with van der Waals surface area (Å²) in [6, 6.07) is 5.94. The summed E-state index contributed by atoms with van der Waals surface area (Å²) in [6.07, 6.45) is 11.1. The Morgan fingerprint density at radius 2 is 1.86 bits per heavy atom. The number of nitrogen functional groups attached to an aromatic ring is 1. The Morgan fingerprint density at radius 3 is 2.69 bits per heavy atom. The van der Waals surface area contributed by atoms with Crippen molar-refractivity contribution >= 4 is 23.0 Å². The number of aryl methyl sites for hydroxylation is 1. The first-order valence-electron chi connectivity index (χ1n) is 18.3. The van der Waals surface area contributed by atoms with Gasteiger partial charge in [-0.3, -0.25) is 9.36 Å². The van der Waals surface area contributed by atoms with Gasteiger partial charge in [0.05, 0.1) is 12.4 Å². The van der Waals surface area contributed by atoms with Crippen LogP contribution in [0.4, 0.5) is 5.82 Å². The van der Waals surface area contributed by atoms with Crippen molar-refractivity contribution in [3.8, 4) is 5.75 Å². The molecule has 2 aromatic heterocycles. The molecule has 7 rings (SSSR count). The smallest absolute Gasteiger partial charge is 0.305 e. The molecule has 6 N–H and O–H groups in total. The molecule has 10 atom stereocenters. The molecule has 0 radical (unpaired) electrons. The van der Waals surface area contributed by atoms with Crippen molar-refractivity contribution in [3.05, 3.63) is 42.0 Å². The summed E-state index contributed by atoms with van der Waals surface area (Å²) in [5.41, 5.74) is 9.35. The number of ether oxygens (including phenoxy) is 2. The molecule has 0 spiro atoms. The average Bonchev–Trinajstić information content (AvgIpc) is 3.73. The summed E-state index contributed by atoms with van der Waals surface area (Å²) in [6.45, 7) is 2.18. The van der Waals surface area contributed by atoms with Crippen LogP contribution in [-0.4, -0.2) is 76.9 Å². The van der Waals surface area contributed by atoms with Gasteiger partial charge in [0.2, 0.25) is 0 Å². The SMILES string of the molecule is C[C@]12CC[C@@H]3c4ccc(O)cc4CC[C@H]3[C@@H]1C[C@@H](CCCCCCCCC(=O)OC[C@@H]1O[C@@H](n3cnc4c(N)ncnc43)[C@H](O)[C@H]1O)[C@H]2O. The van der Waals surface area contributed by atoms with E-state index in [1.807, 2.05) is 12.1 Å². The number of carbonyl (C=O) groups is 1. The molecule has 2 saturated carbocycles. The number of nitrogens with zero attached hydrogens (tertiary/aromatic N) is 4. The van der Waals surface area contributed by atoms with Crippen LogP contribution in [0.25, 0.3) is 11.2 Å². The Kier molecular flexibility index (Phi) is 9.84. The number of phenols is 1. The number of nitrogens with two attached hydrogens (primary N) is 1. The third kappa shape index (κ3) is 6.53. The topological polar surface area (TPSA) is 186 Å². The number of hydrogen-bond acceptors (Lipinski definition) is 11. The predicted octanol–water partition coefficient (Wildman–Crippen LogP) is 4.54. The predicted molar refractivity (Wildman–Crippen MR) is 181 cm³/mol. The molecular formula is C37H51N5O7. The molecule has 3 heterocycles. The summed E-state index contributed by atoms with van der Waals surface area (Å²) in [5, 5.41) is 42.6. The molecule has 4 aliphatic rings. The fourth-order valence-electron chi connectivity index (χ4n) is 9.78. The minimum absolute atomic E-state index is 0.0116. The van der Waals surface area contributed by atoms with Crippen molar-refractivity contribution in [3.63, 3.8) is 0 Å². The van der Waals surface area contributed by atoms with Gasteiger partial charge in [-0.05, 0) is 97.3 Å². The van der Waals surface area contributed by atoms with E-state index < -0.39 is 24.5 Å². The highest BCUT2D eigenvalue weighted by Crippen LogP contribution is 2.62. The van der Waals surface area contributed by atoms with Crippen molar-refractivity contribution in [1.29, 1.82) is 0 Å². The lowest BCUT2D eigenvalue weighted by atomic mass is 9.55. The number of aromatic nitrogens is 4. The summed E-state index contributed by atoms with van der Waals surface area (Å²) >= 11 is 0. The fraction of sp³-hybridized carbons (Fsp3) is 0.676. The fourth-order valence-corrected chi connectivity index (χ4v) is 9.78. The maximum Gasteiger partial charge on any atom is 0.305 e. The maximum atomic E-state index is 12.4. The largest absolute Gasteiger partial charge is 0.508 e. The second kappa shape index (κ2) is 14.1. The van der Waals surface area contributed by atoms with Crippen LogP contribution < -0.4 is 5.73 Å². The van der Waals surface area contributed by atoms with Crippen molar-refractivity contribution in [2.75, 3.05) is 12.3 Å². The Hall–Kier alpha value is -3.32. The molecule has 3 aromatic rings. The highest BCUT2D eigenvalue weighted by Gasteiger charge is 2.57. The number of rotatable bonds is 12. The normalized spacial score (nSPS) is 33.7. The minimum Gasteiger partial charge on any atom is -0.508 e. The van der Waals surface area contributed by atoms with Gasteiger partial charge < -0.3 is 35.6 Å². The number of esters is 1. The number of benzene rings is 1. The zero-order valence-electron chi connectivity index (χ0n) is 28.4. The number of aliphatic hydroxyl groups is 3. The lowest BCUT2D eigenvalue weighted by Crippen LogP contribution is -2.44. The molecule has 12 heteroatoms. The third-order valence-electron chi connectivity index (χ3n) is 12.4. The van der Waals surface area contributed by atoms with Crippen LogP contribution in [0.2, 0.25) is 0 Å². The zero-order chi connectivity index (χ0) is 34.3. The van der Waals surface area contributed by atoms with Crippen LogP contribution >= 0.6 is 0 Å². The van der Waals surface area contributed by atoms with E-state index in [1.54, 1.807) is 0 Å². The molecule has 49 heavy (non-hydrogen) atoms. The van der Waals surface area contributed by atoms with Crippen molar-refractivity contribution in [2.24, 2.45) is 23.2 Å². The first kappa shape index (κ1) is 34.1. The van der Waals surface area contributed by atoms with E-state index in [2.05, 4.69) is 27.9 Å². The van der Waals surface area contributed by atoms with Crippen LogP contribution in [0.3, 0.4) is 0 Å². The number of phenolic OH excluding ortho intramolecular Hbond substituents is 1. The van der Waals surface area contributed by atoms with Gasteiger partial charge >= 0.3 is 5.97 Å². The molecule has 0 bridgehead atoms. The molecule has 1 aromatic carbocycles. The minimum atomic E-state index is -1.26. The number of aliphatic hydroxyl groups excluding tert-OH is 3. The summed E-state index contributed by atoms with van der Waals surface area (Å²) in [7, 11) is 0. The molecule has 1 aliphatic heterocycles. The van der Waals surface area contributed by atoms with Gasteiger partial charge in [-0.25, -0.2) is 15.0 Å². The summed E-state index contributed by atoms with van der Waals surface area (Å²) in [5.74, 6) is 2.33. The molecule has 3 fully saturated rings. The molecule has 0 amide bonds. The first-order valence-corrected chi connectivity index (χ1v) is 18.3. The summed E-state index contributed by atoms with van der Waals surface area (Å²) < 4.78 is 12.7. The average molecular weight is 678 g/mol. The molecule has 3 aliphatic carbocycles.